The van der Waals surface area contributed by atoms with Crippen LogP contribution >= 0.6 is 54.5 Å². The van der Waals surface area contributed by atoms with Gasteiger partial charge in [-0.2, -0.15) is 0 Å². The Morgan fingerprint density at radius 1 is 1.38 bits per heavy atom. The van der Waals surface area contributed by atoms with Crippen molar-refractivity contribution in [3.8, 4) is 0 Å². The zero-order valence-corrected chi connectivity index (χ0v) is 9.87. The van der Waals surface area contributed by atoms with Gasteiger partial charge in [0, 0.05) is 5.33 Å². The molecule has 0 saturated carbocycles. The number of rotatable bonds is 4. The van der Waals surface area contributed by atoms with Crippen molar-refractivity contribution in [1.29, 1.82) is 0 Å². The number of hydrogen-bond donors (Lipinski definition) is 0. The minimum atomic E-state index is 0.666. The van der Waals surface area contributed by atoms with E-state index in [0.29, 0.717) is 2.83 Å². The van der Waals surface area contributed by atoms with Crippen molar-refractivity contribution in [2.75, 3.05) is 5.33 Å². The molecule has 0 fully saturated rings. The van der Waals surface area contributed by atoms with Gasteiger partial charge in [-0.1, -0.05) is 60.9 Å². The lowest BCUT2D eigenvalue weighted by Crippen LogP contribution is -1.84. The lowest BCUT2D eigenvalue weighted by molar-refractivity contribution is 0.784. The van der Waals surface area contributed by atoms with Gasteiger partial charge >= 0.3 is 0 Å². The second-order valence-corrected chi connectivity index (χ2v) is 6.69. The van der Waals surface area contributed by atoms with Gasteiger partial charge in [0.25, 0.3) is 0 Å². The van der Waals surface area contributed by atoms with Gasteiger partial charge in [0.15, 0.2) is 0 Å². The quantitative estimate of drug-likeness (QED) is 0.410. The zero-order chi connectivity index (χ0) is 6.41. The van der Waals surface area contributed by atoms with Crippen molar-refractivity contribution in [2.45, 2.75) is 22.1 Å². The predicted molar refractivity (Wildman–Crippen MR) is 54.4 cm³/mol. The number of halogens is 3. The van der Waals surface area contributed by atoms with Crippen LogP contribution in [0.25, 0.3) is 0 Å². The molecule has 0 nitrogen and oxygen atoms in total. The lowest BCUT2D eigenvalue weighted by atomic mass is 10.3. The van der Waals surface area contributed by atoms with Crippen LogP contribution in [0.4, 0.5) is 0 Å². The van der Waals surface area contributed by atoms with Crippen LogP contribution in [0.1, 0.15) is 19.3 Å². The zero-order valence-electron chi connectivity index (χ0n) is 4.54. The Hall–Kier alpha value is 1.69. The predicted octanol–water partition coefficient (Wildman–Crippen LogP) is 3.71. The van der Waals surface area contributed by atoms with Crippen LogP contribution in [0.15, 0.2) is 0 Å². The Bertz CT molecular complexity index is 47.7. The molecule has 50 valence electrons. The minimum Gasteiger partial charge on any atom is -0.0928 e. The van der Waals surface area contributed by atoms with Gasteiger partial charge in [-0.25, -0.2) is 0 Å². The molecule has 0 heterocycles. The molecule has 0 bridgehead atoms. The van der Waals surface area contributed by atoms with Crippen LogP contribution in [0.2, 0.25) is 0 Å². The van der Waals surface area contributed by atoms with Gasteiger partial charge in [0.1, 0.15) is 0 Å². The first-order chi connectivity index (χ1) is 3.77. The molecular weight excluding hydrogens is 347 g/mol. The highest BCUT2D eigenvalue weighted by Gasteiger charge is 1.94. The number of hydrogen-bond acceptors (Lipinski definition) is 0. The van der Waals surface area contributed by atoms with E-state index >= 15 is 0 Å². The second-order valence-electron chi connectivity index (χ2n) is 1.58. The molecule has 0 aliphatic rings. The van der Waals surface area contributed by atoms with Crippen molar-refractivity contribution in [1.82, 2.24) is 0 Å². The van der Waals surface area contributed by atoms with E-state index in [-0.39, 0.29) is 0 Å². The molecule has 0 radical (unpaired) electrons. The molecule has 0 spiro atoms. The molecule has 0 aliphatic carbocycles. The molecule has 0 N–H and O–H groups in total. The molecule has 3 heteroatoms. The summed E-state index contributed by atoms with van der Waals surface area (Å²) in [4.78, 5) is 0. The smallest absolute Gasteiger partial charge is 0.0662 e. The molecular formula is C5H9Br2I. The number of alkyl halides is 3. The molecule has 0 aromatic heterocycles. The van der Waals surface area contributed by atoms with Crippen LogP contribution in [0.5, 0.6) is 0 Å². The van der Waals surface area contributed by atoms with E-state index in [1.54, 1.807) is 0 Å². The average molecular weight is 356 g/mol. The lowest BCUT2D eigenvalue weighted by Gasteiger charge is -1.97. The normalized spacial score (nSPS) is 13.9. The van der Waals surface area contributed by atoms with Gasteiger partial charge in [-0.15, -0.1) is 0 Å². The summed E-state index contributed by atoms with van der Waals surface area (Å²) >= 11 is 9.24. The van der Waals surface area contributed by atoms with Gasteiger partial charge in [0.05, 0.1) is 2.83 Å². The topological polar surface area (TPSA) is 0 Å². The summed E-state index contributed by atoms with van der Waals surface area (Å²) in [5, 5.41) is 1.14. The maximum Gasteiger partial charge on any atom is 0.0662 e. The standard InChI is InChI=1S/C5H9Br2I/c6-4-2-1-3-5(7)8/h5H,1-4H2. The first-order valence-electron chi connectivity index (χ1n) is 2.61. The third-order valence-corrected chi connectivity index (χ3v) is 2.45. The molecule has 1 atom stereocenters. The van der Waals surface area contributed by atoms with E-state index in [4.69, 9.17) is 0 Å². The van der Waals surface area contributed by atoms with Gasteiger partial charge in [-0.05, 0) is 12.8 Å². The van der Waals surface area contributed by atoms with Crippen LogP contribution in [0.3, 0.4) is 0 Å². The summed E-state index contributed by atoms with van der Waals surface area (Å²) in [5.74, 6) is 0. The van der Waals surface area contributed by atoms with E-state index < -0.39 is 0 Å². The second kappa shape index (κ2) is 6.81. The van der Waals surface area contributed by atoms with Gasteiger partial charge in [-0.3, -0.25) is 0 Å². The van der Waals surface area contributed by atoms with Crippen molar-refractivity contribution < 1.29 is 0 Å². The maximum atomic E-state index is 3.48. The Balaban J connectivity index is 2.72. The van der Waals surface area contributed by atoms with E-state index in [0.717, 1.165) is 5.33 Å². The third kappa shape index (κ3) is 7.69. The fourth-order valence-electron chi connectivity index (χ4n) is 0.393. The highest BCUT2D eigenvalue weighted by molar-refractivity contribution is 14.1. The molecule has 0 saturated heterocycles. The first-order valence-corrected chi connectivity index (χ1v) is 5.89. The van der Waals surface area contributed by atoms with Crippen molar-refractivity contribution >= 4 is 54.5 Å². The van der Waals surface area contributed by atoms with E-state index in [1.165, 1.54) is 19.3 Å². The van der Waals surface area contributed by atoms with Gasteiger partial charge < -0.3 is 0 Å². The van der Waals surface area contributed by atoms with Crippen molar-refractivity contribution in [2.24, 2.45) is 0 Å². The summed E-state index contributed by atoms with van der Waals surface area (Å²) in [6.07, 6.45) is 3.90. The van der Waals surface area contributed by atoms with E-state index in [9.17, 15) is 0 Å². The summed E-state index contributed by atoms with van der Waals surface area (Å²) in [6, 6.07) is 0. The fraction of sp³-hybridized carbons (Fsp3) is 1.00. The third-order valence-electron chi connectivity index (χ3n) is 0.806. The Kier molecular flexibility index (Phi) is 8.24. The molecule has 0 aromatic rings. The maximum absolute atomic E-state index is 3.48. The van der Waals surface area contributed by atoms with Crippen LogP contribution in [-0.4, -0.2) is 8.16 Å². The SMILES string of the molecule is BrCCCCC(Br)I. The summed E-state index contributed by atoms with van der Waals surface area (Å²) in [5.41, 5.74) is 0. The highest BCUT2D eigenvalue weighted by atomic mass is 127. The molecule has 8 heavy (non-hydrogen) atoms. The monoisotopic (exact) mass is 354 g/mol. The van der Waals surface area contributed by atoms with Crippen LogP contribution in [0, 0.1) is 0 Å². The van der Waals surface area contributed by atoms with Crippen molar-refractivity contribution in [3.05, 3.63) is 0 Å². The first kappa shape index (κ1) is 9.69. The summed E-state index contributed by atoms with van der Waals surface area (Å²) < 4.78 is 0.666. The van der Waals surface area contributed by atoms with Crippen LogP contribution in [-0.2, 0) is 0 Å². The Labute approximate surface area is 81.2 Å². The highest BCUT2D eigenvalue weighted by Crippen LogP contribution is 2.16. The molecule has 0 aliphatic heterocycles. The van der Waals surface area contributed by atoms with Crippen LogP contribution < -0.4 is 0 Å². The van der Waals surface area contributed by atoms with Gasteiger partial charge in [0.2, 0.25) is 0 Å². The molecule has 0 rings (SSSR count). The molecule has 0 aromatic carbocycles. The average Bonchev–Trinajstić information content (AvgIpc) is 1.66. The Morgan fingerprint density at radius 2 is 2.00 bits per heavy atom. The van der Waals surface area contributed by atoms with E-state index in [2.05, 4.69) is 54.5 Å². The largest absolute Gasteiger partial charge is 0.0928 e. The summed E-state index contributed by atoms with van der Waals surface area (Å²) in [7, 11) is 0. The Morgan fingerprint density at radius 3 is 2.38 bits per heavy atom. The van der Waals surface area contributed by atoms with Crippen molar-refractivity contribution in [3.63, 3.8) is 0 Å². The molecule has 1 unspecified atom stereocenters. The fourth-order valence-corrected chi connectivity index (χ4v) is 1.55. The summed E-state index contributed by atoms with van der Waals surface area (Å²) in [6.45, 7) is 0. The molecule has 0 amide bonds. The van der Waals surface area contributed by atoms with E-state index in [1.807, 2.05) is 0 Å². The minimum absolute atomic E-state index is 0.666. The number of unbranched alkanes of at least 4 members (excludes halogenated alkanes) is 1.